The van der Waals surface area contributed by atoms with Crippen molar-refractivity contribution in [2.45, 2.75) is 20.5 Å². The van der Waals surface area contributed by atoms with Crippen LogP contribution < -0.4 is 4.74 Å². The fraction of sp³-hybridized carbons (Fsp3) is 0.312. The van der Waals surface area contributed by atoms with Crippen molar-refractivity contribution in [1.82, 2.24) is 14.9 Å². The zero-order valence-corrected chi connectivity index (χ0v) is 14.5. The molecule has 0 aliphatic rings. The maximum absolute atomic E-state index is 5.75. The van der Waals surface area contributed by atoms with E-state index in [1.54, 1.807) is 18.7 Å². The Labute approximate surface area is 139 Å². The second-order valence-electron chi connectivity index (χ2n) is 4.85. The first-order valence-corrected chi connectivity index (χ1v) is 7.82. The first kappa shape index (κ1) is 16.4. The number of ether oxygens (including phenoxy) is 1. The highest BCUT2D eigenvalue weighted by atomic mass is 79.9. The summed E-state index contributed by atoms with van der Waals surface area (Å²) in [5.41, 5.74) is 2.64. The average Bonchev–Trinajstić information content (AvgIpc) is 2.54. The van der Waals surface area contributed by atoms with E-state index < -0.39 is 0 Å². The van der Waals surface area contributed by atoms with E-state index in [0.29, 0.717) is 12.5 Å². The molecule has 2 rings (SSSR count). The molecule has 22 heavy (non-hydrogen) atoms. The molecule has 0 aliphatic heterocycles. The number of hydrogen-bond donors (Lipinski definition) is 0. The topological polar surface area (TPSA) is 50.6 Å². The predicted octanol–water partition coefficient (Wildman–Crippen LogP) is 3.74. The van der Waals surface area contributed by atoms with Crippen LogP contribution in [-0.4, -0.2) is 34.8 Å². The quantitative estimate of drug-likeness (QED) is 0.580. The highest BCUT2D eigenvalue weighted by Gasteiger charge is 2.08. The first-order chi connectivity index (χ1) is 10.6. The van der Waals surface area contributed by atoms with Gasteiger partial charge in [-0.15, -0.1) is 0 Å². The zero-order chi connectivity index (χ0) is 15.9. The highest BCUT2D eigenvalue weighted by molar-refractivity contribution is 9.10. The maximum Gasteiger partial charge on any atom is 0.228 e. The van der Waals surface area contributed by atoms with Gasteiger partial charge < -0.3 is 9.64 Å². The van der Waals surface area contributed by atoms with Crippen LogP contribution in [0.1, 0.15) is 18.2 Å². The van der Waals surface area contributed by atoms with Crippen molar-refractivity contribution >= 4 is 28.0 Å². The van der Waals surface area contributed by atoms with Gasteiger partial charge in [-0.3, -0.25) is 4.98 Å². The molecular weight excluding hydrogens is 344 g/mol. The lowest BCUT2D eigenvalue weighted by atomic mass is 10.3. The third kappa shape index (κ3) is 4.53. The van der Waals surface area contributed by atoms with E-state index in [2.05, 4.69) is 37.8 Å². The molecule has 0 aliphatic carbocycles. The Morgan fingerprint density at radius 3 is 2.95 bits per heavy atom. The fourth-order valence-corrected chi connectivity index (χ4v) is 2.08. The normalized spacial score (nSPS) is 10.9. The molecule has 5 nitrogen and oxygen atoms in total. The van der Waals surface area contributed by atoms with E-state index in [9.17, 15) is 0 Å². The Morgan fingerprint density at radius 2 is 2.27 bits per heavy atom. The molecule has 2 aromatic heterocycles. The van der Waals surface area contributed by atoms with Gasteiger partial charge in [-0.2, -0.15) is 0 Å². The van der Waals surface area contributed by atoms with Gasteiger partial charge in [0, 0.05) is 31.5 Å². The summed E-state index contributed by atoms with van der Waals surface area (Å²) >= 11 is 3.49. The van der Waals surface area contributed by atoms with Gasteiger partial charge in [0.25, 0.3) is 0 Å². The Bertz CT molecular complexity index is 646. The van der Waals surface area contributed by atoms with Gasteiger partial charge >= 0.3 is 0 Å². The molecular formula is C16H19BrN4O. The second kappa shape index (κ2) is 7.89. The fourth-order valence-electron chi connectivity index (χ4n) is 1.66. The summed E-state index contributed by atoms with van der Waals surface area (Å²) in [5.74, 6) is 0.559. The lowest BCUT2D eigenvalue weighted by Crippen LogP contribution is -2.14. The number of aromatic nitrogens is 2. The molecule has 0 saturated carbocycles. The molecule has 0 radical (unpaired) electrons. The molecule has 0 N–H and O–H groups in total. The smallest absolute Gasteiger partial charge is 0.228 e. The van der Waals surface area contributed by atoms with Crippen molar-refractivity contribution in [3.8, 4) is 5.88 Å². The van der Waals surface area contributed by atoms with Crippen LogP contribution in [0.15, 0.2) is 40.1 Å². The number of aliphatic imine (C=N–C) groups is 1. The van der Waals surface area contributed by atoms with Crippen molar-refractivity contribution in [3.63, 3.8) is 0 Å². The van der Waals surface area contributed by atoms with Crippen LogP contribution in [-0.2, 0) is 6.61 Å². The molecule has 0 aromatic carbocycles. The standard InChI is InChI=1S/C16H19BrN4O/c1-4-21(3)11-19-15-8-14(17)16(20-12(15)2)22-10-13-6-5-7-18-9-13/h5-9,11H,4,10H2,1-3H3. The summed E-state index contributed by atoms with van der Waals surface area (Å²) in [6, 6.07) is 5.77. The minimum absolute atomic E-state index is 0.431. The molecule has 0 unspecified atom stereocenters. The number of hydrogen-bond acceptors (Lipinski definition) is 4. The third-order valence-corrected chi connectivity index (χ3v) is 3.67. The largest absolute Gasteiger partial charge is 0.472 e. The molecule has 6 heteroatoms. The molecule has 0 amide bonds. The number of pyridine rings is 2. The van der Waals surface area contributed by atoms with Crippen LogP contribution in [0.5, 0.6) is 5.88 Å². The molecule has 2 heterocycles. The van der Waals surface area contributed by atoms with E-state index in [0.717, 1.165) is 28.0 Å². The zero-order valence-electron chi connectivity index (χ0n) is 13.0. The Morgan fingerprint density at radius 1 is 1.45 bits per heavy atom. The number of rotatable bonds is 6. The van der Waals surface area contributed by atoms with Crippen LogP contribution in [0.2, 0.25) is 0 Å². The molecule has 0 saturated heterocycles. The molecule has 0 spiro atoms. The van der Waals surface area contributed by atoms with E-state index in [4.69, 9.17) is 4.74 Å². The van der Waals surface area contributed by atoms with Crippen LogP contribution >= 0.6 is 15.9 Å². The molecule has 116 valence electrons. The molecule has 2 aromatic rings. The van der Waals surface area contributed by atoms with Crippen molar-refractivity contribution in [2.75, 3.05) is 13.6 Å². The Kier molecular flexibility index (Phi) is 5.89. The van der Waals surface area contributed by atoms with Crippen molar-refractivity contribution in [1.29, 1.82) is 0 Å². The first-order valence-electron chi connectivity index (χ1n) is 7.03. The van der Waals surface area contributed by atoms with Crippen molar-refractivity contribution in [2.24, 2.45) is 4.99 Å². The summed E-state index contributed by atoms with van der Waals surface area (Å²) in [4.78, 5) is 15.0. The summed E-state index contributed by atoms with van der Waals surface area (Å²) in [6.45, 7) is 5.33. The minimum atomic E-state index is 0.431. The van der Waals surface area contributed by atoms with Crippen LogP contribution in [0.4, 0.5) is 5.69 Å². The maximum atomic E-state index is 5.75. The SMILES string of the molecule is CCN(C)C=Nc1cc(Br)c(OCc2cccnc2)nc1C. The van der Waals surface area contributed by atoms with Gasteiger partial charge in [-0.05, 0) is 41.9 Å². The van der Waals surface area contributed by atoms with Gasteiger partial charge in [-0.25, -0.2) is 9.98 Å². The third-order valence-electron chi connectivity index (χ3n) is 3.10. The predicted molar refractivity (Wildman–Crippen MR) is 91.7 cm³/mol. The lowest BCUT2D eigenvalue weighted by Gasteiger charge is -2.11. The van der Waals surface area contributed by atoms with E-state index in [1.807, 2.05) is 37.1 Å². The van der Waals surface area contributed by atoms with E-state index in [1.165, 1.54) is 0 Å². The van der Waals surface area contributed by atoms with Crippen molar-refractivity contribution < 1.29 is 4.74 Å². The van der Waals surface area contributed by atoms with Gasteiger partial charge in [0.15, 0.2) is 0 Å². The van der Waals surface area contributed by atoms with E-state index >= 15 is 0 Å². The summed E-state index contributed by atoms with van der Waals surface area (Å²) < 4.78 is 6.53. The number of aryl methyl sites for hydroxylation is 1. The monoisotopic (exact) mass is 362 g/mol. The van der Waals surface area contributed by atoms with Gasteiger partial charge in [0.05, 0.1) is 22.2 Å². The average molecular weight is 363 g/mol. The van der Waals surface area contributed by atoms with Crippen LogP contribution in [0.25, 0.3) is 0 Å². The molecule has 0 bridgehead atoms. The minimum Gasteiger partial charge on any atom is -0.472 e. The molecule has 0 fully saturated rings. The van der Waals surface area contributed by atoms with Crippen LogP contribution in [0.3, 0.4) is 0 Å². The van der Waals surface area contributed by atoms with Gasteiger partial charge in [0.1, 0.15) is 6.61 Å². The summed E-state index contributed by atoms with van der Waals surface area (Å²) in [5, 5.41) is 0. The Balaban J connectivity index is 2.11. The number of halogens is 1. The van der Waals surface area contributed by atoms with Crippen LogP contribution in [0, 0.1) is 6.92 Å². The van der Waals surface area contributed by atoms with Gasteiger partial charge in [0.2, 0.25) is 5.88 Å². The second-order valence-corrected chi connectivity index (χ2v) is 5.70. The highest BCUT2D eigenvalue weighted by Crippen LogP contribution is 2.30. The number of nitrogens with zero attached hydrogens (tertiary/aromatic N) is 4. The van der Waals surface area contributed by atoms with E-state index in [-0.39, 0.29) is 0 Å². The lowest BCUT2D eigenvalue weighted by molar-refractivity contribution is 0.291. The van der Waals surface area contributed by atoms with Crippen molar-refractivity contribution in [3.05, 3.63) is 46.3 Å². The summed E-state index contributed by atoms with van der Waals surface area (Å²) in [6.07, 6.45) is 5.31. The van der Waals surface area contributed by atoms with Gasteiger partial charge in [-0.1, -0.05) is 6.07 Å². The molecule has 0 atom stereocenters. The summed E-state index contributed by atoms with van der Waals surface area (Å²) in [7, 11) is 1.98. The Hall–Kier alpha value is -1.95.